The maximum atomic E-state index is 12.6. The van der Waals surface area contributed by atoms with E-state index < -0.39 is 11.8 Å². The summed E-state index contributed by atoms with van der Waals surface area (Å²) in [6.45, 7) is 14.3. The van der Waals surface area contributed by atoms with E-state index in [9.17, 15) is 28.8 Å². The summed E-state index contributed by atoms with van der Waals surface area (Å²) in [5.74, 6) is -0.648. The van der Waals surface area contributed by atoms with Crippen LogP contribution in [-0.2, 0) is 19.2 Å². The lowest BCUT2D eigenvalue weighted by Crippen LogP contribution is -2.29. The molecule has 4 heterocycles. The fourth-order valence-corrected chi connectivity index (χ4v) is 10.4. The molecule has 0 atom stereocenters. The van der Waals surface area contributed by atoms with Gasteiger partial charge in [0.15, 0.2) is 23.1 Å². The largest absolute Gasteiger partial charge is 0.362 e. The number of nitrogens with one attached hydrogen (secondary N) is 4. The third-order valence-electron chi connectivity index (χ3n) is 11.6. The highest BCUT2D eigenvalue weighted by Crippen LogP contribution is 2.45. The van der Waals surface area contributed by atoms with Crippen LogP contribution in [0.5, 0.6) is 0 Å². The van der Waals surface area contributed by atoms with Gasteiger partial charge < -0.3 is 21.3 Å². The first-order valence-corrected chi connectivity index (χ1v) is 21.8. The number of ketones is 4. The van der Waals surface area contributed by atoms with Crippen molar-refractivity contribution in [2.24, 2.45) is 5.92 Å². The number of hydrogen-bond acceptors (Lipinski definition) is 10. The van der Waals surface area contributed by atoms with Crippen LogP contribution in [0, 0.1) is 5.92 Å². The van der Waals surface area contributed by atoms with Gasteiger partial charge in [0, 0.05) is 90.0 Å². The monoisotopic (exact) mass is 830 g/mol. The maximum absolute atomic E-state index is 12.6. The highest BCUT2D eigenvalue weighted by molar-refractivity contribution is 7.17. The lowest BCUT2D eigenvalue weighted by molar-refractivity contribution is -0.116. The van der Waals surface area contributed by atoms with Crippen molar-refractivity contribution in [1.82, 2.24) is 21.3 Å². The Bertz CT molecular complexity index is 2540. The Kier molecular flexibility index (Phi) is 11.8. The predicted octanol–water partition coefficient (Wildman–Crippen LogP) is 8.66. The molecular formula is C47H50N4O6S2. The van der Waals surface area contributed by atoms with Gasteiger partial charge in [-0.1, -0.05) is 0 Å². The number of Topliss-reactive ketones (excluding diaryl/α,β-unsaturated/α-hetero) is 4. The number of thiophene rings is 2. The lowest BCUT2D eigenvalue weighted by atomic mass is 9.77. The number of amides is 2. The first-order valence-electron chi connectivity index (χ1n) is 20.1. The van der Waals surface area contributed by atoms with Crippen molar-refractivity contribution < 1.29 is 28.8 Å². The SMILES string of the molecule is CC(=O)C1=C(C)NC(C)=C(C(C)=O)C1c1csc2ccc(C(=O)NC3CC3)cc12.CC(=O)C1=C(C)NC(C)=C(C(C)=O)C1c1csc2ccc(C(=O)NCC3CC3)cc12. The molecular weight excluding hydrogens is 781 g/mol. The summed E-state index contributed by atoms with van der Waals surface area (Å²) in [6, 6.07) is 11.6. The smallest absolute Gasteiger partial charge is 0.251 e. The van der Waals surface area contributed by atoms with Gasteiger partial charge in [-0.25, -0.2) is 0 Å². The van der Waals surface area contributed by atoms with Gasteiger partial charge >= 0.3 is 0 Å². The van der Waals surface area contributed by atoms with Crippen molar-refractivity contribution in [3.8, 4) is 0 Å². The predicted molar refractivity (Wildman–Crippen MR) is 234 cm³/mol. The minimum absolute atomic E-state index is 0.0612. The molecule has 59 heavy (non-hydrogen) atoms. The van der Waals surface area contributed by atoms with Gasteiger partial charge in [0.05, 0.1) is 0 Å². The van der Waals surface area contributed by atoms with E-state index in [4.69, 9.17) is 0 Å². The Hall–Kier alpha value is -5.46. The molecule has 2 aromatic heterocycles. The van der Waals surface area contributed by atoms with Crippen molar-refractivity contribution in [2.45, 2.75) is 99.0 Å². The number of dihydropyridines is 2. The molecule has 4 aromatic rings. The Morgan fingerprint density at radius 1 is 0.576 bits per heavy atom. The molecule has 2 aromatic carbocycles. The molecule has 0 saturated heterocycles. The molecule has 0 bridgehead atoms. The molecule has 4 aliphatic rings. The summed E-state index contributed by atoms with van der Waals surface area (Å²) in [6.07, 6.45) is 4.43. The van der Waals surface area contributed by atoms with Crippen LogP contribution in [0.3, 0.4) is 0 Å². The normalized spacial score (nSPS) is 17.4. The maximum Gasteiger partial charge on any atom is 0.251 e. The Balaban J connectivity index is 0.000000179. The fourth-order valence-electron chi connectivity index (χ4n) is 8.46. The van der Waals surface area contributed by atoms with E-state index in [1.54, 1.807) is 22.7 Å². The van der Waals surface area contributed by atoms with Crippen molar-refractivity contribution >= 4 is 77.8 Å². The highest BCUT2D eigenvalue weighted by Gasteiger charge is 2.37. The van der Waals surface area contributed by atoms with Gasteiger partial charge in [0.25, 0.3) is 11.8 Å². The number of rotatable bonds is 11. The molecule has 8 rings (SSSR count). The average Bonchev–Trinajstić information content (AvgIpc) is 4.09. The van der Waals surface area contributed by atoms with Gasteiger partial charge in [-0.2, -0.15) is 0 Å². The van der Waals surface area contributed by atoms with Gasteiger partial charge in [0.1, 0.15) is 0 Å². The van der Waals surface area contributed by atoms with E-state index in [2.05, 4.69) is 21.3 Å². The lowest BCUT2D eigenvalue weighted by Gasteiger charge is -2.30. The van der Waals surface area contributed by atoms with Crippen LogP contribution in [0.15, 0.2) is 92.2 Å². The minimum atomic E-state index is -0.431. The number of allylic oxidation sites excluding steroid dienone is 8. The summed E-state index contributed by atoms with van der Waals surface area (Å²) in [5, 5.41) is 18.3. The summed E-state index contributed by atoms with van der Waals surface area (Å²) in [4.78, 5) is 75.4. The van der Waals surface area contributed by atoms with Crippen LogP contribution in [0.25, 0.3) is 20.2 Å². The molecule has 0 radical (unpaired) electrons. The molecule has 2 aliphatic heterocycles. The van der Waals surface area contributed by atoms with E-state index in [1.807, 2.05) is 74.9 Å². The first-order chi connectivity index (χ1) is 28.0. The van der Waals surface area contributed by atoms with Crippen LogP contribution >= 0.6 is 22.7 Å². The van der Waals surface area contributed by atoms with Gasteiger partial charge in [-0.3, -0.25) is 28.8 Å². The van der Waals surface area contributed by atoms with Crippen LogP contribution in [0.2, 0.25) is 0 Å². The summed E-state index contributed by atoms with van der Waals surface area (Å²) in [7, 11) is 0. The Labute approximate surface area is 352 Å². The van der Waals surface area contributed by atoms with Crippen LogP contribution in [-0.4, -0.2) is 47.5 Å². The minimum Gasteiger partial charge on any atom is -0.362 e. The molecule has 2 saturated carbocycles. The number of carbonyl (C=O) groups excluding carboxylic acids is 6. The third kappa shape index (κ3) is 8.52. The zero-order valence-corrected chi connectivity index (χ0v) is 36.4. The average molecular weight is 831 g/mol. The highest BCUT2D eigenvalue weighted by atomic mass is 32.1. The topological polar surface area (TPSA) is 151 Å². The van der Waals surface area contributed by atoms with Crippen molar-refractivity contribution in [1.29, 1.82) is 0 Å². The van der Waals surface area contributed by atoms with Gasteiger partial charge in [0.2, 0.25) is 0 Å². The second-order valence-electron chi connectivity index (χ2n) is 16.2. The zero-order chi connectivity index (χ0) is 42.4. The fraction of sp³-hybridized carbons (Fsp3) is 0.362. The van der Waals surface area contributed by atoms with Crippen LogP contribution in [0.1, 0.15) is 125 Å². The summed E-state index contributed by atoms with van der Waals surface area (Å²) >= 11 is 3.13. The van der Waals surface area contributed by atoms with E-state index in [0.29, 0.717) is 45.9 Å². The second-order valence-corrected chi connectivity index (χ2v) is 18.0. The second kappa shape index (κ2) is 16.7. The molecule has 0 unspecified atom stereocenters. The van der Waals surface area contributed by atoms with E-state index >= 15 is 0 Å². The zero-order valence-electron chi connectivity index (χ0n) is 34.7. The first kappa shape index (κ1) is 41.7. The molecule has 10 nitrogen and oxygen atoms in total. The molecule has 306 valence electrons. The van der Waals surface area contributed by atoms with E-state index in [0.717, 1.165) is 66.9 Å². The number of benzene rings is 2. The third-order valence-corrected chi connectivity index (χ3v) is 13.5. The van der Waals surface area contributed by atoms with Crippen molar-refractivity contribution in [3.63, 3.8) is 0 Å². The number of fused-ring (bicyclic) bond motifs is 2. The van der Waals surface area contributed by atoms with E-state index in [1.165, 1.54) is 40.5 Å². The summed E-state index contributed by atoms with van der Waals surface area (Å²) < 4.78 is 2.06. The van der Waals surface area contributed by atoms with Gasteiger partial charge in [-0.05, 0) is 156 Å². The van der Waals surface area contributed by atoms with Gasteiger partial charge in [-0.15, -0.1) is 22.7 Å². The van der Waals surface area contributed by atoms with E-state index in [-0.39, 0.29) is 41.0 Å². The molecule has 12 heteroatoms. The molecule has 4 N–H and O–H groups in total. The quantitative estimate of drug-likeness (QED) is 0.117. The Morgan fingerprint density at radius 3 is 1.32 bits per heavy atom. The molecule has 2 fully saturated rings. The van der Waals surface area contributed by atoms with Crippen molar-refractivity contribution in [2.75, 3.05) is 6.54 Å². The number of hydrogen-bond donors (Lipinski definition) is 4. The number of carbonyl (C=O) groups is 6. The molecule has 2 amide bonds. The summed E-state index contributed by atoms with van der Waals surface area (Å²) in [5.41, 5.74) is 8.52. The molecule has 0 spiro atoms. The van der Waals surface area contributed by atoms with Crippen LogP contribution < -0.4 is 21.3 Å². The molecule has 2 aliphatic carbocycles. The standard InChI is InChI=1S/C24H26N2O3S.C23H24N2O3S/c1-12-21(14(3)27)23(22(15(4)28)13(2)26-12)19-11-30-20-8-7-17(9-18(19)20)24(29)25-10-16-5-6-16;1-11-20(13(3)26)22(21(14(4)27)12(2)24-11)18-10-29-19-8-5-15(9-17(18)19)23(28)25-16-6-7-16/h7-9,11,16,23,26H,5-6,10H2,1-4H3,(H,25,29);5,8-10,16,22,24H,6-7H2,1-4H3,(H,25,28). The van der Waals surface area contributed by atoms with Crippen molar-refractivity contribution in [3.05, 3.63) is 114 Å². The Morgan fingerprint density at radius 2 is 0.966 bits per heavy atom. The van der Waals surface area contributed by atoms with Crippen LogP contribution in [0.4, 0.5) is 0 Å².